The van der Waals surface area contributed by atoms with Crippen molar-refractivity contribution in [1.82, 2.24) is 10.2 Å². The summed E-state index contributed by atoms with van der Waals surface area (Å²) in [5.41, 5.74) is 0.0862. The summed E-state index contributed by atoms with van der Waals surface area (Å²) in [6, 6.07) is 0.707. The van der Waals surface area contributed by atoms with E-state index in [4.69, 9.17) is 4.74 Å². The van der Waals surface area contributed by atoms with E-state index >= 15 is 0 Å². The highest BCUT2D eigenvalue weighted by molar-refractivity contribution is 4.84. The molecule has 0 bridgehead atoms. The van der Waals surface area contributed by atoms with Gasteiger partial charge in [-0.2, -0.15) is 0 Å². The van der Waals surface area contributed by atoms with Crippen molar-refractivity contribution in [2.75, 3.05) is 33.3 Å². The van der Waals surface area contributed by atoms with E-state index in [0.29, 0.717) is 6.04 Å². The second-order valence-electron chi connectivity index (χ2n) is 6.24. The monoisotopic (exact) mass is 270 g/mol. The number of ether oxygens (including phenoxy) is 1. The van der Waals surface area contributed by atoms with Crippen molar-refractivity contribution in [3.8, 4) is 0 Å². The predicted molar refractivity (Wildman–Crippen MR) is 82.7 cm³/mol. The minimum absolute atomic E-state index is 0.0862. The maximum absolute atomic E-state index is 5.66. The largest absolute Gasteiger partial charge is 0.377 e. The predicted octanol–water partition coefficient (Wildman–Crippen LogP) is 3.05. The molecule has 1 saturated heterocycles. The molecule has 0 amide bonds. The lowest BCUT2D eigenvalue weighted by Crippen LogP contribution is -2.47. The van der Waals surface area contributed by atoms with Gasteiger partial charge in [-0.05, 0) is 65.1 Å². The van der Waals surface area contributed by atoms with Crippen LogP contribution in [0.3, 0.4) is 0 Å². The van der Waals surface area contributed by atoms with Crippen LogP contribution in [0.1, 0.15) is 59.3 Å². The number of likely N-dealkylation sites (tertiary alicyclic amines) is 1. The summed E-state index contributed by atoms with van der Waals surface area (Å²) in [5.74, 6) is 0. The molecule has 0 aromatic carbocycles. The fourth-order valence-corrected chi connectivity index (χ4v) is 3.03. The Morgan fingerprint density at radius 2 is 2.16 bits per heavy atom. The standard InChI is InChI=1S/C16H34N2O/c1-5-11-17-15(6-2)9-7-12-18-13-8-10-16(3,14-18)19-4/h15,17H,5-14H2,1-4H3. The topological polar surface area (TPSA) is 24.5 Å². The number of hydrogen-bond donors (Lipinski definition) is 1. The lowest BCUT2D eigenvalue weighted by molar-refractivity contribution is -0.0509. The Morgan fingerprint density at radius 3 is 2.79 bits per heavy atom. The lowest BCUT2D eigenvalue weighted by atomic mass is 9.94. The Labute approximate surface area is 120 Å². The number of piperidine rings is 1. The molecular weight excluding hydrogens is 236 g/mol. The molecule has 1 fully saturated rings. The summed E-state index contributed by atoms with van der Waals surface area (Å²) in [7, 11) is 1.85. The molecule has 0 saturated carbocycles. The molecule has 0 aromatic rings. The number of nitrogens with one attached hydrogen (secondary N) is 1. The third kappa shape index (κ3) is 6.24. The van der Waals surface area contributed by atoms with E-state index < -0.39 is 0 Å². The van der Waals surface area contributed by atoms with Crippen LogP contribution in [0.15, 0.2) is 0 Å². The Hall–Kier alpha value is -0.120. The van der Waals surface area contributed by atoms with Gasteiger partial charge in [0.25, 0.3) is 0 Å². The second kappa shape index (κ2) is 8.93. The molecule has 114 valence electrons. The number of rotatable bonds is 9. The van der Waals surface area contributed by atoms with Crippen LogP contribution in [0.4, 0.5) is 0 Å². The fraction of sp³-hybridized carbons (Fsp3) is 1.00. The van der Waals surface area contributed by atoms with Crippen LogP contribution in [-0.2, 0) is 4.74 Å². The number of nitrogens with zero attached hydrogens (tertiary/aromatic N) is 1. The first-order chi connectivity index (χ1) is 9.13. The highest BCUT2D eigenvalue weighted by atomic mass is 16.5. The van der Waals surface area contributed by atoms with Gasteiger partial charge in [0.2, 0.25) is 0 Å². The Balaban J connectivity index is 2.20. The van der Waals surface area contributed by atoms with Gasteiger partial charge < -0.3 is 15.0 Å². The molecule has 1 aliphatic rings. The maximum Gasteiger partial charge on any atom is 0.0777 e. The van der Waals surface area contributed by atoms with Crippen molar-refractivity contribution in [3.63, 3.8) is 0 Å². The lowest BCUT2D eigenvalue weighted by Gasteiger charge is -2.39. The Bertz CT molecular complexity index is 235. The average molecular weight is 270 g/mol. The minimum atomic E-state index is 0.0862. The maximum atomic E-state index is 5.66. The smallest absolute Gasteiger partial charge is 0.0777 e. The molecule has 1 heterocycles. The summed E-state index contributed by atoms with van der Waals surface area (Å²) >= 11 is 0. The van der Waals surface area contributed by atoms with Gasteiger partial charge in [-0.1, -0.05) is 13.8 Å². The van der Waals surface area contributed by atoms with Crippen LogP contribution in [0, 0.1) is 0 Å². The minimum Gasteiger partial charge on any atom is -0.377 e. The third-order valence-corrected chi connectivity index (χ3v) is 4.43. The fourth-order valence-electron chi connectivity index (χ4n) is 3.03. The first-order valence-electron chi connectivity index (χ1n) is 8.14. The van der Waals surface area contributed by atoms with Crippen LogP contribution in [-0.4, -0.2) is 49.8 Å². The first kappa shape index (κ1) is 16.9. The zero-order valence-corrected chi connectivity index (χ0v) is 13.5. The summed E-state index contributed by atoms with van der Waals surface area (Å²) < 4.78 is 5.66. The summed E-state index contributed by atoms with van der Waals surface area (Å²) in [6.07, 6.45) is 7.56. The van der Waals surface area contributed by atoms with Crippen molar-refractivity contribution < 1.29 is 4.74 Å². The molecule has 2 unspecified atom stereocenters. The van der Waals surface area contributed by atoms with Gasteiger partial charge in [0, 0.05) is 19.7 Å². The van der Waals surface area contributed by atoms with Crippen molar-refractivity contribution in [1.29, 1.82) is 0 Å². The zero-order valence-electron chi connectivity index (χ0n) is 13.5. The molecule has 1 N–H and O–H groups in total. The highest BCUT2D eigenvalue weighted by Gasteiger charge is 2.30. The highest BCUT2D eigenvalue weighted by Crippen LogP contribution is 2.24. The van der Waals surface area contributed by atoms with Crippen molar-refractivity contribution in [2.45, 2.75) is 70.9 Å². The van der Waals surface area contributed by atoms with E-state index in [-0.39, 0.29) is 5.60 Å². The Morgan fingerprint density at radius 1 is 1.37 bits per heavy atom. The molecule has 0 aliphatic carbocycles. The van der Waals surface area contributed by atoms with E-state index in [1.54, 1.807) is 0 Å². The molecule has 1 aliphatic heterocycles. The molecule has 0 radical (unpaired) electrons. The van der Waals surface area contributed by atoms with Crippen molar-refractivity contribution in [3.05, 3.63) is 0 Å². The Kier molecular flexibility index (Phi) is 7.96. The van der Waals surface area contributed by atoms with E-state index in [1.807, 2.05) is 7.11 Å². The van der Waals surface area contributed by atoms with Crippen molar-refractivity contribution in [2.24, 2.45) is 0 Å². The van der Waals surface area contributed by atoms with Gasteiger partial charge >= 0.3 is 0 Å². The normalized spacial score (nSPS) is 26.5. The molecule has 19 heavy (non-hydrogen) atoms. The van der Waals surface area contributed by atoms with Gasteiger partial charge in [-0.25, -0.2) is 0 Å². The summed E-state index contributed by atoms with van der Waals surface area (Å²) in [5, 5.41) is 3.64. The van der Waals surface area contributed by atoms with Gasteiger partial charge in [0.15, 0.2) is 0 Å². The van der Waals surface area contributed by atoms with Crippen LogP contribution in [0.2, 0.25) is 0 Å². The molecular formula is C16H34N2O. The van der Waals surface area contributed by atoms with Gasteiger partial charge in [0.1, 0.15) is 0 Å². The van der Waals surface area contributed by atoms with E-state index in [2.05, 4.69) is 31.0 Å². The zero-order chi connectivity index (χ0) is 14.1. The van der Waals surface area contributed by atoms with E-state index in [1.165, 1.54) is 51.6 Å². The SMILES string of the molecule is CCCNC(CC)CCCN1CCCC(C)(OC)C1. The van der Waals surface area contributed by atoms with Crippen LogP contribution in [0.5, 0.6) is 0 Å². The van der Waals surface area contributed by atoms with Gasteiger partial charge in [0.05, 0.1) is 5.60 Å². The first-order valence-corrected chi connectivity index (χ1v) is 8.14. The molecule has 1 rings (SSSR count). The molecule has 3 nitrogen and oxygen atoms in total. The van der Waals surface area contributed by atoms with Gasteiger partial charge in [-0.15, -0.1) is 0 Å². The van der Waals surface area contributed by atoms with Crippen molar-refractivity contribution >= 4 is 0 Å². The van der Waals surface area contributed by atoms with Gasteiger partial charge in [-0.3, -0.25) is 0 Å². The van der Waals surface area contributed by atoms with E-state index in [0.717, 1.165) is 13.1 Å². The van der Waals surface area contributed by atoms with Crippen LogP contribution in [0.25, 0.3) is 0 Å². The average Bonchev–Trinajstić information content (AvgIpc) is 2.43. The number of hydrogen-bond acceptors (Lipinski definition) is 3. The molecule has 0 spiro atoms. The summed E-state index contributed by atoms with van der Waals surface area (Å²) in [4.78, 5) is 2.58. The second-order valence-corrected chi connectivity index (χ2v) is 6.24. The van der Waals surface area contributed by atoms with Crippen LogP contribution >= 0.6 is 0 Å². The van der Waals surface area contributed by atoms with E-state index in [9.17, 15) is 0 Å². The number of methoxy groups -OCH3 is 1. The summed E-state index contributed by atoms with van der Waals surface area (Å²) in [6.45, 7) is 11.5. The van der Waals surface area contributed by atoms with Crippen LogP contribution < -0.4 is 5.32 Å². The third-order valence-electron chi connectivity index (χ3n) is 4.43. The quantitative estimate of drug-likeness (QED) is 0.697. The molecule has 3 heteroatoms. The molecule has 2 atom stereocenters. The molecule has 0 aromatic heterocycles.